The molecule has 0 aromatic heterocycles. The number of non-ortho nitro benzene ring substituents is 1. The molecule has 0 unspecified atom stereocenters. The van der Waals surface area contributed by atoms with Crippen molar-refractivity contribution in [2.24, 2.45) is 4.99 Å². The second-order valence-corrected chi connectivity index (χ2v) is 3.26. The Balaban J connectivity index is 3.26. The van der Waals surface area contributed by atoms with Crippen LogP contribution in [0.15, 0.2) is 23.2 Å². The van der Waals surface area contributed by atoms with Gasteiger partial charge in [0.05, 0.1) is 10.6 Å². The molecule has 6 heteroatoms. The van der Waals surface area contributed by atoms with Crippen molar-refractivity contribution < 1.29 is 9.72 Å². The van der Waals surface area contributed by atoms with Gasteiger partial charge in [0.1, 0.15) is 0 Å². The van der Waals surface area contributed by atoms with Gasteiger partial charge in [-0.2, -0.15) is 4.99 Å². The molecule has 0 aliphatic heterocycles. The largest absolute Gasteiger partial charge is 0.271 e. The monoisotopic (exact) mass is 290 g/mol. The molecule has 0 saturated heterocycles. The van der Waals surface area contributed by atoms with Crippen LogP contribution in [0.4, 0.5) is 11.4 Å². The molecule has 0 saturated carbocycles. The molecule has 0 aliphatic carbocycles. The van der Waals surface area contributed by atoms with Crippen LogP contribution in [0.5, 0.6) is 0 Å². The van der Waals surface area contributed by atoms with Gasteiger partial charge in [-0.1, -0.05) is 0 Å². The zero-order valence-corrected chi connectivity index (χ0v) is 8.39. The van der Waals surface area contributed by atoms with Gasteiger partial charge in [0, 0.05) is 15.7 Å². The molecule has 0 aliphatic rings. The van der Waals surface area contributed by atoms with Gasteiger partial charge in [0.25, 0.3) is 5.69 Å². The number of hydrogen-bond donors (Lipinski definition) is 0. The zero-order valence-electron chi connectivity index (χ0n) is 6.23. The van der Waals surface area contributed by atoms with Crippen molar-refractivity contribution in [1.82, 2.24) is 0 Å². The minimum Gasteiger partial charge on any atom is -0.258 e. The first-order valence-electron chi connectivity index (χ1n) is 3.17. The van der Waals surface area contributed by atoms with E-state index in [1.165, 1.54) is 24.3 Å². The molecule has 0 spiro atoms. The summed E-state index contributed by atoms with van der Waals surface area (Å²) < 4.78 is 0.673. The summed E-state index contributed by atoms with van der Waals surface area (Å²) in [7, 11) is 0. The highest BCUT2D eigenvalue weighted by Gasteiger charge is 2.08. The number of carbonyl (C=O) groups excluding carboxylic acids is 1. The van der Waals surface area contributed by atoms with Crippen LogP contribution in [0.2, 0.25) is 0 Å². The van der Waals surface area contributed by atoms with Crippen LogP contribution in [0.1, 0.15) is 0 Å². The third-order valence-corrected chi connectivity index (χ3v) is 2.22. The molecule has 1 aromatic carbocycles. The summed E-state index contributed by atoms with van der Waals surface area (Å²) >= 11 is 1.93. The fourth-order valence-corrected chi connectivity index (χ4v) is 1.21. The lowest BCUT2D eigenvalue weighted by atomic mass is 10.3. The lowest BCUT2D eigenvalue weighted by Crippen LogP contribution is -1.87. The number of rotatable bonds is 2. The number of nitro benzene ring substituents is 1. The highest BCUT2D eigenvalue weighted by Crippen LogP contribution is 2.25. The highest BCUT2D eigenvalue weighted by molar-refractivity contribution is 14.1. The molecular weight excluding hydrogens is 287 g/mol. The summed E-state index contributed by atoms with van der Waals surface area (Å²) in [5, 5.41) is 10.3. The second kappa shape index (κ2) is 4.11. The summed E-state index contributed by atoms with van der Waals surface area (Å²) in [6, 6.07) is 4.10. The molecule has 1 rings (SSSR count). The van der Waals surface area contributed by atoms with Crippen molar-refractivity contribution in [2.45, 2.75) is 0 Å². The summed E-state index contributed by atoms with van der Waals surface area (Å²) in [5.41, 5.74) is 0.180. The van der Waals surface area contributed by atoms with E-state index >= 15 is 0 Å². The van der Waals surface area contributed by atoms with Gasteiger partial charge in [-0.05, 0) is 28.7 Å². The number of isocyanates is 1. The van der Waals surface area contributed by atoms with Crippen LogP contribution >= 0.6 is 22.6 Å². The summed E-state index contributed by atoms with van der Waals surface area (Å²) in [6.45, 7) is 0. The molecule has 0 radical (unpaired) electrons. The van der Waals surface area contributed by atoms with Gasteiger partial charge < -0.3 is 0 Å². The minimum atomic E-state index is -0.542. The van der Waals surface area contributed by atoms with Gasteiger partial charge >= 0.3 is 0 Å². The minimum absolute atomic E-state index is 0.0885. The van der Waals surface area contributed by atoms with Gasteiger partial charge in [-0.15, -0.1) is 0 Å². The Morgan fingerprint density at radius 2 is 2.23 bits per heavy atom. The third-order valence-electron chi connectivity index (χ3n) is 1.31. The second-order valence-electron chi connectivity index (χ2n) is 2.10. The van der Waals surface area contributed by atoms with Crippen molar-refractivity contribution >= 4 is 40.0 Å². The van der Waals surface area contributed by atoms with Gasteiger partial charge in [-0.25, -0.2) is 4.79 Å². The maximum Gasteiger partial charge on any atom is 0.271 e. The number of hydrogen-bond acceptors (Lipinski definition) is 4. The molecular formula is C7H3IN2O3. The molecule has 0 fully saturated rings. The van der Waals surface area contributed by atoms with Crippen LogP contribution in [-0.2, 0) is 4.79 Å². The van der Waals surface area contributed by atoms with Crippen molar-refractivity contribution in [3.05, 3.63) is 31.9 Å². The first-order valence-corrected chi connectivity index (χ1v) is 4.25. The smallest absolute Gasteiger partial charge is 0.258 e. The lowest BCUT2D eigenvalue weighted by molar-refractivity contribution is -0.384. The van der Waals surface area contributed by atoms with Crippen molar-refractivity contribution in [2.75, 3.05) is 0 Å². The Morgan fingerprint density at radius 3 is 2.77 bits per heavy atom. The van der Waals surface area contributed by atoms with E-state index in [2.05, 4.69) is 4.99 Å². The van der Waals surface area contributed by atoms with E-state index in [9.17, 15) is 14.9 Å². The number of halogens is 1. The van der Waals surface area contributed by atoms with Gasteiger partial charge in [0.15, 0.2) is 0 Å². The van der Waals surface area contributed by atoms with E-state index in [1.807, 2.05) is 22.6 Å². The van der Waals surface area contributed by atoms with E-state index in [4.69, 9.17) is 0 Å². The van der Waals surface area contributed by atoms with E-state index < -0.39 is 4.92 Å². The fourth-order valence-electron chi connectivity index (χ4n) is 0.749. The summed E-state index contributed by atoms with van der Waals surface area (Å²) in [5.74, 6) is 0. The molecule has 1 aromatic rings. The summed E-state index contributed by atoms with van der Waals surface area (Å²) in [6.07, 6.45) is 1.34. The predicted molar refractivity (Wildman–Crippen MR) is 53.6 cm³/mol. The number of nitro groups is 1. The van der Waals surface area contributed by atoms with Gasteiger partial charge in [-0.3, -0.25) is 10.1 Å². The maximum absolute atomic E-state index is 10.3. The van der Waals surface area contributed by atoms with Crippen molar-refractivity contribution in [1.29, 1.82) is 0 Å². The van der Waals surface area contributed by atoms with Crippen LogP contribution in [-0.4, -0.2) is 11.0 Å². The maximum atomic E-state index is 10.3. The highest BCUT2D eigenvalue weighted by atomic mass is 127. The standard InChI is InChI=1S/C7H3IN2O3/c8-6-2-1-5(10(12)13)3-7(6)9-4-11/h1-3H. The fraction of sp³-hybridized carbons (Fsp3) is 0. The Labute approximate surface area is 86.8 Å². The van der Waals surface area contributed by atoms with Crippen molar-refractivity contribution in [3.8, 4) is 0 Å². The first-order chi connectivity index (χ1) is 6.15. The Bertz CT molecular complexity index is 399. The van der Waals surface area contributed by atoms with Crippen LogP contribution in [0.3, 0.4) is 0 Å². The molecule has 0 N–H and O–H groups in total. The van der Waals surface area contributed by atoms with E-state index in [1.54, 1.807) is 0 Å². The van der Waals surface area contributed by atoms with E-state index in [-0.39, 0.29) is 11.4 Å². The van der Waals surface area contributed by atoms with E-state index in [0.717, 1.165) is 0 Å². The molecule has 0 heterocycles. The van der Waals surface area contributed by atoms with Crippen LogP contribution < -0.4 is 0 Å². The number of nitrogens with zero attached hydrogens (tertiary/aromatic N) is 2. The Hall–Kier alpha value is -1.27. The first kappa shape index (κ1) is 9.82. The van der Waals surface area contributed by atoms with Crippen LogP contribution in [0, 0.1) is 13.7 Å². The zero-order chi connectivity index (χ0) is 9.84. The van der Waals surface area contributed by atoms with Gasteiger partial charge in [0.2, 0.25) is 6.08 Å². The molecule has 0 amide bonds. The molecule has 66 valence electrons. The number of benzene rings is 1. The Kier molecular flexibility index (Phi) is 3.10. The SMILES string of the molecule is O=C=Nc1cc([N+](=O)[O-])ccc1I. The average Bonchev–Trinajstić information content (AvgIpc) is 2.08. The quantitative estimate of drug-likeness (QED) is 0.275. The van der Waals surface area contributed by atoms with Crippen LogP contribution in [0.25, 0.3) is 0 Å². The lowest BCUT2D eigenvalue weighted by Gasteiger charge is -1.95. The predicted octanol–water partition coefficient (Wildman–Crippen LogP) is 2.17. The third kappa shape index (κ3) is 2.33. The molecule has 13 heavy (non-hydrogen) atoms. The molecule has 0 atom stereocenters. The summed E-state index contributed by atoms with van der Waals surface area (Å²) in [4.78, 5) is 23.1. The topological polar surface area (TPSA) is 72.6 Å². The Morgan fingerprint density at radius 1 is 1.54 bits per heavy atom. The van der Waals surface area contributed by atoms with E-state index in [0.29, 0.717) is 3.57 Å². The normalized spacial score (nSPS) is 9.00. The average molecular weight is 290 g/mol. The number of aliphatic imine (C=N–C) groups is 1. The molecule has 5 nitrogen and oxygen atoms in total. The molecule has 0 bridgehead atoms. The van der Waals surface area contributed by atoms with Crippen molar-refractivity contribution in [3.63, 3.8) is 0 Å².